The summed E-state index contributed by atoms with van der Waals surface area (Å²) in [5.41, 5.74) is 0.852. The van der Waals surface area contributed by atoms with Crippen molar-refractivity contribution < 1.29 is 54.3 Å². The number of phenols is 1. The normalized spacial score (nSPS) is 11.7. The molecule has 0 aromatic heterocycles. The van der Waals surface area contributed by atoms with Gasteiger partial charge in [0.2, 0.25) is 5.91 Å². The molecule has 2 aromatic rings. The smallest absolute Gasteiger partial charge is 0.548 e. The van der Waals surface area contributed by atoms with E-state index in [1.54, 1.807) is 0 Å². The second kappa shape index (κ2) is 10.5. The molecule has 0 bridgehead atoms. The van der Waals surface area contributed by atoms with E-state index < -0.39 is 22.8 Å². The molecular formula is C18H16N3NaO6. The molecule has 1 amide bonds. The number of anilines is 1. The first-order valence-corrected chi connectivity index (χ1v) is 7.76. The number of aromatic hydroxyl groups is 1. The van der Waals surface area contributed by atoms with Gasteiger partial charge in [0.25, 0.3) is 5.69 Å². The number of rotatable bonds is 7. The van der Waals surface area contributed by atoms with Gasteiger partial charge in [0, 0.05) is 29.6 Å². The monoisotopic (exact) mass is 393 g/mol. The first-order valence-electron chi connectivity index (χ1n) is 7.76. The number of hydrogen-bond acceptors (Lipinski definition) is 7. The van der Waals surface area contributed by atoms with Crippen LogP contribution in [0.25, 0.3) is 0 Å². The number of nitro benzene ring substituents is 1. The van der Waals surface area contributed by atoms with Crippen LogP contribution in [-0.2, 0) is 9.59 Å². The topological polar surface area (TPSA) is 145 Å². The zero-order valence-corrected chi connectivity index (χ0v) is 17.2. The van der Waals surface area contributed by atoms with Crippen molar-refractivity contribution in [2.24, 2.45) is 0 Å². The SMILES string of the molecule is CC(=CC(=O)Nc1ccc([N+](=O)[O-])cc1)N[C@@H](C(=O)[O-])c1ccc(O)cc1.[Na+]. The van der Waals surface area contributed by atoms with Crippen LogP contribution < -0.4 is 45.3 Å². The quantitative estimate of drug-likeness (QED) is 0.218. The third-order valence-electron chi connectivity index (χ3n) is 3.53. The van der Waals surface area contributed by atoms with E-state index in [1.807, 2.05) is 0 Å². The number of benzene rings is 2. The first kappa shape index (κ1) is 23.2. The molecule has 3 N–H and O–H groups in total. The fraction of sp³-hybridized carbons (Fsp3) is 0.111. The molecule has 0 unspecified atom stereocenters. The summed E-state index contributed by atoms with van der Waals surface area (Å²) in [6.07, 6.45) is 1.15. The minimum absolute atomic E-state index is 0. The van der Waals surface area contributed by atoms with Gasteiger partial charge in [0.05, 0.1) is 16.9 Å². The van der Waals surface area contributed by atoms with Crippen LogP contribution in [-0.4, -0.2) is 21.9 Å². The van der Waals surface area contributed by atoms with E-state index >= 15 is 0 Å². The van der Waals surface area contributed by atoms with E-state index in [0.29, 0.717) is 11.3 Å². The van der Waals surface area contributed by atoms with E-state index in [1.165, 1.54) is 55.5 Å². The molecule has 0 aliphatic heterocycles. The summed E-state index contributed by atoms with van der Waals surface area (Å²) in [6.45, 7) is 1.51. The fourth-order valence-corrected chi connectivity index (χ4v) is 2.26. The molecule has 9 nitrogen and oxygen atoms in total. The average molecular weight is 393 g/mol. The standard InChI is InChI=1S/C18H17N3O6.Na/c1-11(19-17(18(24)25)12-2-8-15(22)9-3-12)10-16(23)20-13-4-6-14(7-5-13)21(26)27;/h2-10,17,19,22H,1H3,(H,20,23)(H,24,25);/q;+1/p-1/t17-;/m1./s1. The molecule has 0 heterocycles. The van der Waals surface area contributed by atoms with Crippen LogP contribution in [0.4, 0.5) is 11.4 Å². The molecule has 0 aliphatic rings. The van der Waals surface area contributed by atoms with Gasteiger partial charge >= 0.3 is 29.6 Å². The summed E-state index contributed by atoms with van der Waals surface area (Å²) in [6, 6.07) is 9.58. The third kappa shape index (κ3) is 6.69. The summed E-state index contributed by atoms with van der Waals surface area (Å²) in [5, 5.41) is 36.4. The molecule has 0 radical (unpaired) electrons. The maximum Gasteiger partial charge on any atom is 1.00 e. The van der Waals surface area contributed by atoms with E-state index in [-0.39, 0.29) is 46.7 Å². The molecule has 2 rings (SSSR count). The van der Waals surface area contributed by atoms with Crippen molar-refractivity contribution in [1.29, 1.82) is 0 Å². The Hall–Kier alpha value is -2.88. The molecule has 28 heavy (non-hydrogen) atoms. The number of carbonyl (C=O) groups excluding carboxylic acids is 2. The van der Waals surface area contributed by atoms with E-state index in [9.17, 15) is 29.9 Å². The maximum atomic E-state index is 12.0. The van der Waals surface area contributed by atoms with Gasteiger partial charge in [-0.05, 0) is 36.8 Å². The number of nitro groups is 1. The van der Waals surface area contributed by atoms with Crippen molar-refractivity contribution in [3.8, 4) is 5.75 Å². The predicted molar refractivity (Wildman–Crippen MR) is 94.5 cm³/mol. The van der Waals surface area contributed by atoms with Crippen molar-refractivity contribution in [1.82, 2.24) is 5.32 Å². The largest absolute Gasteiger partial charge is 1.00 e. The third-order valence-corrected chi connectivity index (χ3v) is 3.53. The van der Waals surface area contributed by atoms with Crippen LogP contribution in [0, 0.1) is 10.1 Å². The Labute approximate surface area is 182 Å². The number of hydrogen-bond donors (Lipinski definition) is 3. The molecule has 0 saturated carbocycles. The predicted octanol–water partition coefficient (Wildman–Crippen LogP) is -1.77. The molecular weight excluding hydrogens is 377 g/mol. The number of amides is 1. The van der Waals surface area contributed by atoms with Gasteiger partial charge < -0.3 is 25.6 Å². The number of nitrogens with one attached hydrogen (secondary N) is 2. The molecule has 0 aliphatic carbocycles. The number of phenolic OH excluding ortho intramolecular Hbond substituents is 1. The molecule has 0 fully saturated rings. The summed E-state index contributed by atoms with van der Waals surface area (Å²) in [5.74, 6) is -1.95. The summed E-state index contributed by atoms with van der Waals surface area (Å²) < 4.78 is 0. The van der Waals surface area contributed by atoms with Crippen LogP contribution in [0.15, 0.2) is 60.3 Å². The molecule has 1 atom stereocenters. The molecule has 140 valence electrons. The molecule has 0 saturated heterocycles. The van der Waals surface area contributed by atoms with E-state index in [0.717, 1.165) is 6.08 Å². The van der Waals surface area contributed by atoms with Crippen molar-refractivity contribution in [2.45, 2.75) is 13.0 Å². The van der Waals surface area contributed by atoms with Crippen LogP contribution in [0.5, 0.6) is 5.75 Å². The van der Waals surface area contributed by atoms with Crippen LogP contribution >= 0.6 is 0 Å². The number of aliphatic carboxylic acids is 1. The van der Waals surface area contributed by atoms with Crippen molar-refractivity contribution in [3.05, 3.63) is 76.0 Å². The van der Waals surface area contributed by atoms with Gasteiger partial charge in [-0.3, -0.25) is 14.9 Å². The number of carboxylic acids is 1. The summed E-state index contributed by atoms with van der Waals surface area (Å²) in [7, 11) is 0. The van der Waals surface area contributed by atoms with Gasteiger partial charge in [-0.25, -0.2) is 0 Å². The Bertz CT molecular complexity index is 881. The van der Waals surface area contributed by atoms with E-state index in [4.69, 9.17) is 0 Å². The zero-order valence-electron chi connectivity index (χ0n) is 15.2. The number of carboxylic acid groups (broad SMARTS) is 1. The first-order chi connectivity index (χ1) is 12.8. The fourth-order valence-electron chi connectivity index (χ4n) is 2.26. The van der Waals surface area contributed by atoms with Crippen LogP contribution in [0.3, 0.4) is 0 Å². The van der Waals surface area contributed by atoms with Crippen molar-refractivity contribution in [2.75, 3.05) is 5.32 Å². The van der Waals surface area contributed by atoms with Gasteiger partial charge in [0.15, 0.2) is 0 Å². The minimum Gasteiger partial charge on any atom is -0.548 e. The van der Waals surface area contributed by atoms with Gasteiger partial charge in [-0.15, -0.1) is 0 Å². The van der Waals surface area contributed by atoms with Crippen LogP contribution in [0.1, 0.15) is 18.5 Å². The Balaban J connectivity index is 0.00000392. The Morgan fingerprint density at radius 1 is 1.11 bits per heavy atom. The van der Waals surface area contributed by atoms with Crippen LogP contribution in [0.2, 0.25) is 0 Å². The van der Waals surface area contributed by atoms with Crippen molar-refractivity contribution in [3.63, 3.8) is 0 Å². The summed E-state index contributed by atoms with van der Waals surface area (Å²) in [4.78, 5) is 33.4. The summed E-state index contributed by atoms with van der Waals surface area (Å²) >= 11 is 0. The average Bonchev–Trinajstić information content (AvgIpc) is 2.60. The molecule has 0 spiro atoms. The Morgan fingerprint density at radius 3 is 2.18 bits per heavy atom. The molecule has 2 aromatic carbocycles. The number of nitrogens with zero attached hydrogens (tertiary/aromatic N) is 1. The Kier molecular flexibility index (Phi) is 8.65. The second-order valence-corrected chi connectivity index (χ2v) is 5.61. The number of carbonyl (C=O) groups is 2. The molecule has 10 heteroatoms. The van der Waals surface area contributed by atoms with Crippen molar-refractivity contribution >= 4 is 23.3 Å². The second-order valence-electron chi connectivity index (χ2n) is 5.61. The Morgan fingerprint density at radius 2 is 1.68 bits per heavy atom. The van der Waals surface area contributed by atoms with Gasteiger partial charge in [-0.1, -0.05) is 12.1 Å². The number of non-ortho nitro benzene ring substituents is 1. The van der Waals surface area contributed by atoms with Gasteiger partial charge in [-0.2, -0.15) is 0 Å². The zero-order chi connectivity index (χ0) is 20.0. The minimum atomic E-state index is -1.40. The maximum absolute atomic E-state index is 12.0. The number of allylic oxidation sites excluding steroid dienone is 1. The van der Waals surface area contributed by atoms with Gasteiger partial charge in [0.1, 0.15) is 5.75 Å². The van der Waals surface area contributed by atoms with E-state index in [2.05, 4.69) is 10.6 Å².